The SMILES string of the molecule is O=C(O)CC(c1cnc2ccccc2c1)n1ccc(CCCc2ccc3c(n2)CCCC3)n1. The van der Waals surface area contributed by atoms with Gasteiger partial charge in [-0.1, -0.05) is 24.3 Å². The minimum atomic E-state index is -0.858. The molecule has 4 aromatic rings. The smallest absolute Gasteiger partial charge is 0.305 e. The molecule has 33 heavy (non-hydrogen) atoms. The van der Waals surface area contributed by atoms with Crippen molar-refractivity contribution in [2.75, 3.05) is 0 Å². The van der Waals surface area contributed by atoms with Gasteiger partial charge in [0, 0.05) is 29.2 Å². The maximum Gasteiger partial charge on any atom is 0.305 e. The Morgan fingerprint density at radius 2 is 1.88 bits per heavy atom. The van der Waals surface area contributed by atoms with Crippen LogP contribution in [0.5, 0.6) is 0 Å². The van der Waals surface area contributed by atoms with Crippen molar-refractivity contribution in [3.05, 3.63) is 89.1 Å². The third-order valence-electron chi connectivity index (χ3n) is 6.45. The summed E-state index contributed by atoms with van der Waals surface area (Å²) in [4.78, 5) is 21.0. The van der Waals surface area contributed by atoms with Crippen LogP contribution in [0.3, 0.4) is 0 Å². The number of aromatic nitrogens is 4. The number of hydrogen-bond acceptors (Lipinski definition) is 4. The van der Waals surface area contributed by atoms with Gasteiger partial charge in [0.25, 0.3) is 0 Å². The van der Waals surface area contributed by atoms with Crippen LogP contribution in [0.2, 0.25) is 0 Å². The molecule has 0 radical (unpaired) electrons. The zero-order valence-electron chi connectivity index (χ0n) is 18.7. The molecule has 1 aliphatic rings. The molecule has 1 N–H and O–H groups in total. The second-order valence-electron chi connectivity index (χ2n) is 8.83. The molecule has 0 aliphatic heterocycles. The first-order chi connectivity index (χ1) is 16.2. The first-order valence-electron chi connectivity index (χ1n) is 11.7. The van der Waals surface area contributed by atoms with E-state index in [0.717, 1.165) is 60.0 Å². The number of para-hydroxylation sites is 1. The highest BCUT2D eigenvalue weighted by Crippen LogP contribution is 2.25. The van der Waals surface area contributed by atoms with Crippen LogP contribution >= 0.6 is 0 Å². The number of carboxylic acid groups (broad SMARTS) is 1. The van der Waals surface area contributed by atoms with Crippen LogP contribution in [0.15, 0.2) is 60.9 Å². The molecule has 0 saturated carbocycles. The van der Waals surface area contributed by atoms with E-state index in [9.17, 15) is 9.90 Å². The van der Waals surface area contributed by atoms with Gasteiger partial charge in [-0.2, -0.15) is 5.10 Å². The van der Waals surface area contributed by atoms with E-state index in [-0.39, 0.29) is 6.42 Å². The summed E-state index contributed by atoms with van der Waals surface area (Å²) in [6, 6.07) is 15.9. The quantitative estimate of drug-likeness (QED) is 0.419. The third-order valence-corrected chi connectivity index (χ3v) is 6.45. The normalized spacial score (nSPS) is 14.2. The Balaban J connectivity index is 1.28. The minimum absolute atomic E-state index is 0.0415. The van der Waals surface area contributed by atoms with E-state index >= 15 is 0 Å². The molecule has 3 heterocycles. The van der Waals surface area contributed by atoms with Crippen molar-refractivity contribution in [1.82, 2.24) is 19.7 Å². The number of benzene rings is 1. The van der Waals surface area contributed by atoms with Crippen LogP contribution in [0.1, 0.15) is 59.9 Å². The number of aliphatic carboxylic acids is 1. The number of aryl methyl sites for hydroxylation is 4. The number of carbonyl (C=O) groups is 1. The Kier molecular flexibility index (Phi) is 6.15. The molecule has 3 aromatic heterocycles. The lowest BCUT2D eigenvalue weighted by atomic mass is 9.95. The van der Waals surface area contributed by atoms with Crippen molar-refractivity contribution in [3.63, 3.8) is 0 Å². The lowest BCUT2D eigenvalue weighted by molar-refractivity contribution is -0.137. The van der Waals surface area contributed by atoms with Gasteiger partial charge in [-0.05, 0) is 80.3 Å². The van der Waals surface area contributed by atoms with Gasteiger partial charge in [-0.15, -0.1) is 0 Å². The van der Waals surface area contributed by atoms with E-state index in [1.807, 2.05) is 42.6 Å². The number of rotatable bonds is 8. The molecule has 1 unspecified atom stereocenters. The van der Waals surface area contributed by atoms with Crippen LogP contribution in [-0.4, -0.2) is 30.8 Å². The van der Waals surface area contributed by atoms with E-state index < -0.39 is 12.0 Å². The van der Waals surface area contributed by atoms with Crippen molar-refractivity contribution >= 4 is 16.9 Å². The molecule has 1 aliphatic carbocycles. The molecular formula is C27H28N4O2. The molecular weight excluding hydrogens is 412 g/mol. The molecule has 6 heteroatoms. The Morgan fingerprint density at radius 1 is 1.03 bits per heavy atom. The van der Waals surface area contributed by atoms with Crippen molar-refractivity contribution in [2.45, 2.75) is 57.4 Å². The standard InChI is InChI=1S/C27H28N4O2/c32-27(33)17-26(21-16-20-7-2-3-10-24(20)28-18-21)31-15-14-23(30-31)9-5-8-22-13-12-19-6-1-4-11-25(19)29-22/h2-3,7,10,12-16,18,26H,1,4-6,8-9,11,17H2,(H,32,33). The molecule has 168 valence electrons. The van der Waals surface area contributed by atoms with Gasteiger partial charge in [0.15, 0.2) is 0 Å². The number of pyridine rings is 2. The highest BCUT2D eigenvalue weighted by atomic mass is 16.4. The number of hydrogen-bond donors (Lipinski definition) is 1. The van der Waals surface area contributed by atoms with E-state index in [1.54, 1.807) is 10.9 Å². The molecule has 0 bridgehead atoms. The number of nitrogens with zero attached hydrogens (tertiary/aromatic N) is 4. The summed E-state index contributed by atoms with van der Waals surface area (Å²) in [6.07, 6.45) is 11.1. The van der Waals surface area contributed by atoms with E-state index in [1.165, 1.54) is 24.1 Å². The van der Waals surface area contributed by atoms with Crippen LogP contribution < -0.4 is 0 Å². The summed E-state index contributed by atoms with van der Waals surface area (Å²) in [5.41, 5.74) is 6.56. The zero-order valence-corrected chi connectivity index (χ0v) is 18.7. The van der Waals surface area contributed by atoms with E-state index in [2.05, 4.69) is 17.1 Å². The molecule has 5 rings (SSSR count). The Labute approximate surface area is 193 Å². The summed E-state index contributed by atoms with van der Waals surface area (Å²) in [7, 11) is 0. The lowest BCUT2D eigenvalue weighted by Gasteiger charge is -2.16. The third kappa shape index (κ3) is 4.95. The van der Waals surface area contributed by atoms with Crippen molar-refractivity contribution < 1.29 is 9.90 Å². The van der Waals surface area contributed by atoms with Crippen LogP contribution in [0, 0.1) is 0 Å². The fraction of sp³-hybridized carbons (Fsp3) is 0.333. The average molecular weight is 441 g/mol. The molecule has 1 aromatic carbocycles. The summed E-state index contributed by atoms with van der Waals surface area (Å²) >= 11 is 0. The molecule has 0 fully saturated rings. The second kappa shape index (κ2) is 9.53. The molecule has 0 amide bonds. The first-order valence-corrected chi connectivity index (χ1v) is 11.7. The fourth-order valence-corrected chi connectivity index (χ4v) is 4.70. The lowest BCUT2D eigenvalue weighted by Crippen LogP contribution is -2.16. The summed E-state index contributed by atoms with van der Waals surface area (Å²) in [5.74, 6) is -0.858. The van der Waals surface area contributed by atoms with Gasteiger partial charge < -0.3 is 5.11 Å². The van der Waals surface area contributed by atoms with E-state index in [4.69, 9.17) is 10.1 Å². The maximum absolute atomic E-state index is 11.6. The van der Waals surface area contributed by atoms with Gasteiger partial charge in [0.05, 0.1) is 23.7 Å². The molecule has 0 saturated heterocycles. The topological polar surface area (TPSA) is 80.9 Å². The van der Waals surface area contributed by atoms with Crippen LogP contribution in [-0.2, 0) is 30.5 Å². The Hall–Kier alpha value is -3.54. The monoisotopic (exact) mass is 440 g/mol. The summed E-state index contributed by atoms with van der Waals surface area (Å²) in [5, 5.41) is 15.2. The van der Waals surface area contributed by atoms with Crippen LogP contribution in [0.4, 0.5) is 0 Å². The van der Waals surface area contributed by atoms with Crippen molar-refractivity contribution in [1.29, 1.82) is 0 Å². The number of carboxylic acids is 1. The fourth-order valence-electron chi connectivity index (χ4n) is 4.70. The molecule has 6 nitrogen and oxygen atoms in total. The van der Waals surface area contributed by atoms with E-state index in [0.29, 0.717) is 0 Å². The van der Waals surface area contributed by atoms with Gasteiger partial charge in [0.1, 0.15) is 0 Å². The summed E-state index contributed by atoms with van der Waals surface area (Å²) in [6.45, 7) is 0. The Bertz CT molecular complexity index is 1280. The van der Waals surface area contributed by atoms with Crippen LogP contribution in [0.25, 0.3) is 10.9 Å². The van der Waals surface area contributed by atoms with Crippen molar-refractivity contribution in [3.8, 4) is 0 Å². The molecule has 1 atom stereocenters. The number of fused-ring (bicyclic) bond motifs is 2. The Morgan fingerprint density at radius 3 is 2.79 bits per heavy atom. The van der Waals surface area contributed by atoms with Gasteiger partial charge >= 0.3 is 5.97 Å². The maximum atomic E-state index is 11.6. The average Bonchev–Trinajstić information content (AvgIpc) is 3.30. The van der Waals surface area contributed by atoms with Gasteiger partial charge in [0.2, 0.25) is 0 Å². The van der Waals surface area contributed by atoms with Crippen molar-refractivity contribution in [2.24, 2.45) is 0 Å². The molecule has 0 spiro atoms. The predicted octanol–water partition coefficient (Wildman–Crippen LogP) is 4.94. The second-order valence-corrected chi connectivity index (χ2v) is 8.83. The zero-order chi connectivity index (χ0) is 22.6. The van der Waals surface area contributed by atoms with Gasteiger partial charge in [-0.25, -0.2) is 0 Å². The summed E-state index contributed by atoms with van der Waals surface area (Å²) < 4.78 is 1.77. The first kappa shape index (κ1) is 21.3. The largest absolute Gasteiger partial charge is 0.481 e. The highest BCUT2D eigenvalue weighted by Gasteiger charge is 2.20. The minimum Gasteiger partial charge on any atom is -0.481 e. The van der Waals surface area contributed by atoms with Gasteiger partial charge in [-0.3, -0.25) is 19.4 Å². The predicted molar refractivity (Wildman–Crippen MR) is 127 cm³/mol. The highest BCUT2D eigenvalue weighted by molar-refractivity contribution is 5.79.